The van der Waals surface area contributed by atoms with Crippen molar-refractivity contribution in [3.05, 3.63) is 59.7 Å². The molecule has 2 aromatic carbocycles. The molecule has 0 aliphatic carbocycles. The fourth-order valence-corrected chi connectivity index (χ4v) is 3.46. The number of rotatable bonds is 4. The zero-order valence-corrected chi connectivity index (χ0v) is 14.3. The van der Waals surface area contributed by atoms with E-state index in [0.717, 1.165) is 36.6 Å². The van der Waals surface area contributed by atoms with E-state index in [0.29, 0.717) is 13.2 Å². The number of hydrogen-bond acceptors (Lipinski definition) is 5. The first-order chi connectivity index (χ1) is 12.7. The first kappa shape index (κ1) is 16.7. The molecule has 2 heterocycles. The summed E-state index contributed by atoms with van der Waals surface area (Å²) in [5.74, 6) is 1.56. The largest absolute Gasteiger partial charge is 0.506 e. The van der Waals surface area contributed by atoms with Crippen molar-refractivity contribution in [2.24, 2.45) is 0 Å². The molecule has 26 heavy (non-hydrogen) atoms. The van der Waals surface area contributed by atoms with Gasteiger partial charge in [-0.2, -0.15) is 0 Å². The number of para-hydroxylation sites is 2. The molecule has 0 spiro atoms. The highest BCUT2D eigenvalue weighted by molar-refractivity contribution is 5.57. The Balaban J connectivity index is 1.35. The van der Waals surface area contributed by atoms with E-state index in [1.54, 1.807) is 0 Å². The smallest absolute Gasteiger partial charge is 0.485 e. The number of nitrogens with zero attached hydrogens (tertiary/aromatic N) is 1. The number of ether oxygens (including phenoxy) is 3. The van der Waals surface area contributed by atoms with Gasteiger partial charge in [0.1, 0.15) is 12.7 Å². The highest BCUT2D eigenvalue weighted by atomic mass is 16.7. The van der Waals surface area contributed by atoms with Gasteiger partial charge in [0, 0.05) is 19.6 Å². The monoisotopic (exact) mass is 355 g/mol. The maximum Gasteiger partial charge on any atom is 0.506 e. The van der Waals surface area contributed by atoms with Crippen molar-refractivity contribution < 1.29 is 24.1 Å². The fraction of sp³-hybridized carbons (Fsp3) is 0.350. The Morgan fingerprint density at radius 1 is 1.15 bits per heavy atom. The molecule has 0 bridgehead atoms. The molecular formula is C20H21NO5. The highest BCUT2D eigenvalue weighted by Crippen LogP contribution is 2.35. The summed E-state index contributed by atoms with van der Waals surface area (Å²) in [6.07, 6.45) is -0.784. The summed E-state index contributed by atoms with van der Waals surface area (Å²) in [5, 5.41) is 8.70. The first-order valence-corrected chi connectivity index (χ1v) is 8.76. The van der Waals surface area contributed by atoms with Crippen LogP contribution >= 0.6 is 0 Å². The van der Waals surface area contributed by atoms with Crippen molar-refractivity contribution in [2.75, 3.05) is 19.7 Å². The first-order valence-electron chi connectivity index (χ1n) is 8.76. The van der Waals surface area contributed by atoms with Crippen LogP contribution in [0.2, 0.25) is 0 Å². The minimum atomic E-state index is -1.20. The van der Waals surface area contributed by atoms with Crippen LogP contribution in [0, 0.1) is 0 Å². The third kappa shape index (κ3) is 3.75. The predicted molar refractivity (Wildman–Crippen MR) is 94.5 cm³/mol. The van der Waals surface area contributed by atoms with Gasteiger partial charge in [0.05, 0.1) is 0 Å². The summed E-state index contributed by atoms with van der Waals surface area (Å²) >= 11 is 0. The lowest BCUT2D eigenvalue weighted by Gasteiger charge is -2.27. The minimum Gasteiger partial charge on any atom is -0.485 e. The van der Waals surface area contributed by atoms with Gasteiger partial charge in [0.2, 0.25) is 0 Å². The summed E-state index contributed by atoms with van der Waals surface area (Å²) in [6, 6.07) is 16.0. The quantitative estimate of drug-likeness (QED) is 0.847. The Morgan fingerprint density at radius 2 is 1.92 bits per heavy atom. The summed E-state index contributed by atoms with van der Waals surface area (Å²) in [6.45, 7) is 2.77. The van der Waals surface area contributed by atoms with Crippen LogP contribution in [0.5, 0.6) is 11.5 Å². The SMILES string of the molecule is O=C(O)O[C@H]1CCN(Cc2ccc([C@H]3COc4ccccc4O3)cc2)C1. The van der Waals surface area contributed by atoms with E-state index >= 15 is 0 Å². The highest BCUT2D eigenvalue weighted by Gasteiger charge is 2.26. The van der Waals surface area contributed by atoms with E-state index < -0.39 is 6.16 Å². The van der Waals surface area contributed by atoms with E-state index in [9.17, 15) is 4.79 Å². The molecule has 0 radical (unpaired) electrons. The second kappa shape index (κ2) is 7.25. The molecule has 1 saturated heterocycles. The normalized spacial score (nSPS) is 22.2. The van der Waals surface area contributed by atoms with Gasteiger partial charge in [-0.05, 0) is 29.7 Å². The molecule has 1 N–H and O–H groups in total. The molecule has 2 aromatic rings. The molecule has 6 heteroatoms. The van der Waals surface area contributed by atoms with Crippen LogP contribution in [0.1, 0.15) is 23.7 Å². The van der Waals surface area contributed by atoms with Crippen molar-refractivity contribution in [1.82, 2.24) is 4.90 Å². The van der Waals surface area contributed by atoms with Crippen LogP contribution in [0.15, 0.2) is 48.5 Å². The lowest BCUT2D eigenvalue weighted by Crippen LogP contribution is -2.24. The van der Waals surface area contributed by atoms with E-state index in [1.165, 1.54) is 5.56 Å². The number of benzene rings is 2. The Morgan fingerprint density at radius 3 is 2.69 bits per heavy atom. The van der Waals surface area contributed by atoms with Crippen molar-refractivity contribution >= 4 is 6.16 Å². The van der Waals surface area contributed by atoms with Gasteiger partial charge in [0.15, 0.2) is 17.6 Å². The molecule has 0 aromatic heterocycles. The minimum absolute atomic E-state index is 0.112. The number of likely N-dealkylation sites (tertiary alicyclic amines) is 1. The van der Waals surface area contributed by atoms with Crippen molar-refractivity contribution in [3.8, 4) is 11.5 Å². The molecule has 0 amide bonds. The van der Waals surface area contributed by atoms with Gasteiger partial charge in [-0.1, -0.05) is 36.4 Å². The third-order valence-electron chi connectivity index (χ3n) is 4.76. The molecule has 1 fully saturated rings. The Labute approximate surface area is 151 Å². The lowest BCUT2D eigenvalue weighted by atomic mass is 10.1. The van der Waals surface area contributed by atoms with Gasteiger partial charge in [-0.25, -0.2) is 4.79 Å². The third-order valence-corrected chi connectivity index (χ3v) is 4.76. The lowest BCUT2D eigenvalue weighted by molar-refractivity contribution is 0.0548. The average Bonchev–Trinajstić information content (AvgIpc) is 3.08. The van der Waals surface area contributed by atoms with Crippen LogP contribution in [0.4, 0.5) is 4.79 Å². The Bertz CT molecular complexity index is 776. The zero-order valence-electron chi connectivity index (χ0n) is 14.3. The van der Waals surface area contributed by atoms with Crippen LogP contribution < -0.4 is 9.47 Å². The molecule has 2 aliphatic heterocycles. The van der Waals surface area contributed by atoms with E-state index in [1.807, 2.05) is 24.3 Å². The van der Waals surface area contributed by atoms with Crippen LogP contribution in [0.25, 0.3) is 0 Å². The van der Waals surface area contributed by atoms with E-state index in [2.05, 4.69) is 29.2 Å². The summed E-state index contributed by atoms with van der Waals surface area (Å²) in [5.41, 5.74) is 2.26. The second-order valence-corrected chi connectivity index (χ2v) is 6.64. The van der Waals surface area contributed by atoms with Crippen LogP contribution in [-0.4, -0.2) is 42.0 Å². The number of carbonyl (C=O) groups is 1. The predicted octanol–water partition coefficient (Wildman–Crippen LogP) is 3.47. The molecular weight excluding hydrogens is 334 g/mol. The number of fused-ring (bicyclic) bond motifs is 1. The zero-order chi connectivity index (χ0) is 17.9. The summed E-state index contributed by atoms with van der Waals surface area (Å²) in [4.78, 5) is 12.8. The van der Waals surface area contributed by atoms with Crippen molar-refractivity contribution in [1.29, 1.82) is 0 Å². The maximum absolute atomic E-state index is 10.6. The molecule has 0 unspecified atom stereocenters. The standard InChI is InChI=1S/C20H21NO5/c22-20(23)25-16-9-10-21(12-16)11-14-5-7-15(8-6-14)19-13-24-17-3-1-2-4-18(17)26-19/h1-8,16,19H,9-13H2,(H,22,23)/t16-,19+/m0/s1. The van der Waals surface area contributed by atoms with Gasteiger partial charge in [0.25, 0.3) is 0 Å². The van der Waals surface area contributed by atoms with E-state index in [4.69, 9.17) is 19.3 Å². The van der Waals surface area contributed by atoms with Gasteiger partial charge >= 0.3 is 6.16 Å². The molecule has 2 aliphatic rings. The molecule has 0 saturated carbocycles. The fourth-order valence-electron chi connectivity index (χ4n) is 3.46. The van der Waals surface area contributed by atoms with Crippen LogP contribution in [0.3, 0.4) is 0 Å². The van der Waals surface area contributed by atoms with Gasteiger partial charge in [-0.15, -0.1) is 0 Å². The van der Waals surface area contributed by atoms with Crippen molar-refractivity contribution in [2.45, 2.75) is 25.2 Å². The molecule has 6 nitrogen and oxygen atoms in total. The second-order valence-electron chi connectivity index (χ2n) is 6.64. The van der Waals surface area contributed by atoms with Gasteiger partial charge < -0.3 is 19.3 Å². The van der Waals surface area contributed by atoms with Crippen LogP contribution in [-0.2, 0) is 11.3 Å². The maximum atomic E-state index is 10.6. The topological polar surface area (TPSA) is 68.2 Å². The summed E-state index contributed by atoms with van der Waals surface area (Å²) < 4.78 is 16.7. The van der Waals surface area contributed by atoms with Gasteiger partial charge in [-0.3, -0.25) is 4.90 Å². The molecule has 2 atom stereocenters. The number of hydrogen-bond donors (Lipinski definition) is 1. The Kier molecular flexibility index (Phi) is 4.67. The summed E-state index contributed by atoms with van der Waals surface area (Å²) in [7, 11) is 0. The van der Waals surface area contributed by atoms with E-state index in [-0.39, 0.29) is 12.2 Å². The number of carboxylic acid groups (broad SMARTS) is 1. The average molecular weight is 355 g/mol. The Hall–Kier alpha value is -2.73. The van der Waals surface area contributed by atoms with Crippen molar-refractivity contribution in [3.63, 3.8) is 0 Å². The molecule has 136 valence electrons. The molecule has 4 rings (SSSR count).